The highest BCUT2D eigenvalue weighted by molar-refractivity contribution is 7.89. The van der Waals surface area contributed by atoms with Crippen molar-refractivity contribution in [1.82, 2.24) is 4.31 Å². The third-order valence-electron chi connectivity index (χ3n) is 3.80. The number of amides is 1. The van der Waals surface area contributed by atoms with Gasteiger partial charge in [0.25, 0.3) is 0 Å². The fraction of sp³-hybridized carbons (Fsp3) is 0.533. The van der Waals surface area contributed by atoms with E-state index in [1.807, 2.05) is 6.92 Å². The van der Waals surface area contributed by atoms with Crippen LogP contribution >= 0.6 is 11.6 Å². The minimum atomic E-state index is -3.31. The average Bonchev–Trinajstić information content (AvgIpc) is 2.50. The molecule has 1 aliphatic rings. The molecule has 1 aromatic rings. The van der Waals surface area contributed by atoms with Crippen LogP contribution in [0.15, 0.2) is 18.2 Å². The van der Waals surface area contributed by atoms with E-state index in [1.54, 1.807) is 0 Å². The summed E-state index contributed by atoms with van der Waals surface area (Å²) in [6, 6.07) is 3.72. The molecule has 0 bridgehead atoms. The molecule has 5 nitrogen and oxygen atoms in total. The Balaban J connectivity index is 2.05. The zero-order valence-corrected chi connectivity index (χ0v) is 14.5. The van der Waals surface area contributed by atoms with E-state index in [9.17, 15) is 17.6 Å². The highest BCUT2D eigenvalue weighted by Gasteiger charge is 2.32. The van der Waals surface area contributed by atoms with Crippen molar-refractivity contribution in [2.75, 3.05) is 24.2 Å². The van der Waals surface area contributed by atoms with Crippen LogP contribution in [0.2, 0.25) is 5.02 Å². The molecular weight excluding hydrogens is 343 g/mol. The van der Waals surface area contributed by atoms with Crippen LogP contribution in [0.25, 0.3) is 0 Å². The maximum Gasteiger partial charge on any atom is 0.228 e. The third-order valence-corrected chi connectivity index (χ3v) is 6.15. The molecule has 1 N–H and O–H groups in total. The minimum Gasteiger partial charge on any atom is -0.324 e. The first-order valence-corrected chi connectivity index (χ1v) is 9.56. The molecule has 0 radical (unpaired) electrons. The highest BCUT2D eigenvalue weighted by atomic mass is 35.5. The van der Waals surface area contributed by atoms with E-state index in [4.69, 9.17) is 11.6 Å². The molecule has 1 unspecified atom stereocenters. The number of rotatable bonds is 5. The van der Waals surface area contributed by atoms with Crippen molar-refractivity contribution in [1.29, 1.82) is 0 Å². The van der Waals surface area contributed by atoms with Gasteiger partial charge in [-0.05, 0) is 37.5 Å². The molecule has 8 heteroatoms. The van der Waals surface area contributed by atoms with E-state index >= 15 is 0 Å². The maximum absolute atomic E-state index is 13.0. The van der Waals surface area contributed by atoms with Gasteiger partial charge in [0, 0.05) is 13.1 Å². The van der Waals surface area contributed by atoms with Gasteiger partial charge in [-0.15, -0.1) is 0 Å². The number of carbonyl (C=O) groups is 1. The van der Waals surface area contributed by atoms with E-state index in [0.717, 1.165) is 6.07 Å². The van der Waals surface area contributed by atoms with Gasteiger partial charge < -0.3 is 5.32 Å². The molecule has 0 aromatic heterocycles. The Morgan fingerprint density at radius 3 is 2.87 bits per heavy atom. The van der Waals surface area contributed by atoms with E-state index in [0.29, 0.717) is 31.5 Å². The molecule has 1 atom stereocenters. The fourth-order valence-electron chi connectivity index (χ4n) is 2.62. The molecule has 1 fully saturated rings. The minimum absolute atomic E-state index is 0.0884. The van der Waals surface area contributed by atoms with Crippen molar-refractivity contribution < 1.29 is 17.6 Å². The standard InChI is InChI=1S/C15H20ClFN2O3S/c1-2-8-23(21,22)19-7-3-4-11(10-19)15(20)18-14-6-5-12(17)9-13(14)16/h5-6,9,11H,2-4,7-8,10H2,1H3,(H,18,20). The molecule has 1 amide bonds. The molecule has 0 aliphatic carbocycles. The Labute approximate surface area is 140 Å². The predicted octanol–water partition coefficient (Wildman–Crippen LogP) is 2.87. The van der Waals surface area contributed by atoms with Crippen molar-refractivity contribution in [3.8, 4) is 0 Å². The van der Waals surface area contributed by atoms with Crippen LogP contribution in [-0.4, -0.2) is 37.5 Å². The second kappa shape index (κ2) is 7.59. The summed E-state index contributed by atoms with van der Waals surface area (Å²) >= 11 is 5.89. The molecule has 1 aromatic carbocycles. The summed E-state index contributed by atoms with van der Waals surface area (Å²) in [4.78, 5) is 12.4. The number of nitrogens with one attached hydrogen (secondary N) is 1. The van der Waals surface area contributed by atoms with Crippen molar-refractivity contribution in [2.24, 2.45) is 5.92 Å². The number of anilines is 1. The van der Waals surface area contributed by atoms with Crippen LogP contribution in [0, 0.1) is 11.7 Å². The molecular formula is C15H20ClFN2O3S. The summed E-state index contributed by atoms with van der Waals surface area (Å²) in [7, 11) is -3.31. The van der Waals surface area contributed by atoms with Gasteiger partial charge in [-0.3, -0.25) is 4.79 Å². The smallest absolute Gasteiger partial charge is 0.228 e. The largest absolute Gasteiger partial charge is 0.324 e. The number of hydrogen-bond donors (Lipinski definition) is 1. The van der Waals surface area contributed by atoms with Gasteiger partial charge >= 0.3 is 0 Å². The normalized spacial score (nSPS) is 19.5. The lowest BCUT2D eigenvalue weighted by molar-refractivity contribution is -0.120. The second-order valence-corrected chi connectivity index (χ2v) is 8.12. The fourth-order valence-corrected chi connectivity index (χ4v) is 4.42. The summed E-state index contributed by atoms with van der Waals surface area (Å²) in [5, 5.41) is 2.77. The number of hydrogen-bond acceptors (Lipinski definition) is 3. The third kappa shape index (κ3) is 4.65. The van der Waals surface area contributed by atoms with E-state index in [1.165, 1.54) is 16.4 Å². The Morgan fingerprint density at radius 1 is 1.48 bits per heavy atom. The number of benzene rings is 1. The van der Waals surface area contributed by atoms with E-state index < -0.39 is 21.8 Å². The van der Waals surface area contributed by atoms with E-state index in [2.05, 4.69) is 5.32 Å². The first-order valence-electron chi connectivity index (χ1n) is 7.57. The zero-order chi connectivity index (χ0) is 17.0. The SMILES string of the molecule is CCCS(=O)(=O)N1CCCC(C(=O)Nc2ccc(F)cc2Cl)C1. The van der Waals surface area contributed by atoms with Crippen molar-refractivity contribution >= 4 is 33.2 Å². The molecule has 1 heterocycles. The van der Waals surface area contributed by atoms with Gasteiger partial charge in [0.05, 0.1) is 22.4 Å². The van der Waals surface area contributed by atoms with Crippen molar-refractivity contribution in [3.63, 3.8) is 0 Å². The number of halogens is 2. The van der Waals surface area contributed by atoms with Crippen LogP contribution in [0.1, 0.15) is 26.2 Å². The Kier molecular flexibility index (Phi) is 6.00. The molecule has 0 saturated carbocycles. The van der Waals surface area contributed by atoms with Crippen molar-refractivity contribution in [2.45, 2.75) is 26.2 Å². The van der Waals surface area contributed by atoms with Crippen LogP contribution < -0.4 is 5.32 Å². The lowest BCUT2D eigenvalue weighted by Crippen LogP contribution is -2.44. The number of sulfonamides is 1. The van der Waals surface area contributed by atoms with Gasteiger partial charge in [0.2, 0.25) is 15.9 Å². The molecule has 128 valence electrons. The maximum atomic E-state index is 13.0. The molecule has 1 aliphatic heterocycles. The van der Waals surface area contributed by atoms with Gasteiger partial charge in [0.1, 0.15) is 5.82 Å². The summed E-state index contributed by atoms with van der Waals surface area (Å²) in [5.74, 6) is -1.13. The number of carbonyl (C=O) groups excluding carboxylic acids is 1. The summed E-state index contributed by atoms with van der Waals surface area (Å²) in [6.45, 7) is 2.43. The van der Waals surface area contributed by atoms with E-state index in [-0.39, 0.29) is 23.2 Å². The number of piperidine rings is 1. The van der Waals surface area contributed by atoms with Gasteiger partial charge in [-0.2, -0.15) is 0 Å². The monoisotopic (exact) mass is 362 g/mol. The predicted molar refractivity (Wildman–Crippen MR) is 88.4 cm³/mol. The molecule has 0 spiro atoms. The lowest BCUT2D eigenvalue weighted by atomic mass is 9.98. The first-order chi connectivity index (χ1) is 10.8. The zero-order valence-electron chi connectivity index (χ0n) is 12.9. The summed E-state index contributed by atoms with van der Waals surface area (Å²) in [5.41, 5.74) is 0.326. The first kappa shape index (κ1) is 18.2. The van der Waals surface area contributed by atoms with Crippen LogP contribution in [0.4, 0.5) is 10.1 Å². The Bertz CT molecular complexity index is 681. The van der Waals surface area contributed by atoms with Gasteiger partial charge in [-0.25, -0.2) is 17.1 Å². The van der Waals surface area contributed by atoms with Crippen LogP contribution in [-0.2, 0) is 14.8 Å². The lowest BCUT2D eigenvalue weighted by Gasteiger charge is -2.31. The summed E-state index contributed by atoms with van der Waals surface area (Å²) in [6.07, 6.45) is 1.79. The molecule has 23 heavy (non-hydrogen) atoms. The number of nitrogens with zero attached hydrogens (tertiary/aromatic N) is 1. The van der Waals surface area contributed by atoms with Gasteiger partial charge in [-0.1, -0.05) is 18.5 Å². The second-order valence-electron chi connectivity index (χ2n) is 5.63. The Morgan fingerprint density at radius 2 is 2.22 bits per heavy atom. The van der Waals surface area contributed by atoms with Crippen LogP contribution in [0.3, 0.4) is 0 Å². The highest BCUT2D eigenvalue weighted by Crippen LogP contribution is 2.25. The van der Waals surface area contributed by atoms with Gasteiger partial charge in [0.15, 0.2) is 0 Å². The van der Waals surface area contributed by atoms with Crippen molar-refractivity contribution in [3.05, 3.63) is 29.0 Å². The average molecular weight is 363 g/mol. The van der Waals surface area contributed by atoms with Crippen LogP contribution in [0.5, 0.6) is 0 Å². The summed E-state index contributed by atoms with van der Waals surface area (Å²) < 4.78 is 38.7. The molecule has 2 rings (SSSR count). The quantitative estimate of drug-likeness (QED) is 0.875. The molecule has 1 saturated heterocycles. The Hall–Kier alpha value is -1.18. The topological polar surface area (TPSA) is 66.5 Å².